The summed E-state index contributed by atoms with van der Waals surface area (Å²) >= 11 is 0. The van der Waals surface area contributed by atoms with Gasteiger partial charge in [-0.2, -0.15) is 0 Å². The minimum Gasteiger partial charge on any atom is -0.497 e. The minimum atomic E-state index is -2.68. The lowest BCUT2D eigenvalue weighted by molar-refractivity contribution is -0.161. The van der Waals surface area contributed by atoms with E-state index in [1.54, 1.807) is 25.4 Å². The highest BCUT2D eigenvalue weighted by Gasteiger charge is 2.42. The van der Waals surface area contributed by atoms with Crippen LogP contribution in [-0.4, -0.2) is 54.7 Å². The molecule has 1 aromatic carbocycles. The van der Waals surface area contributed by atoms with Crippen molar-refractivity contribution in [3.63, 3.8) is 0 Å². The van der Waals surface area contributed by atoms with Gasteiger partial charge in [-0.05, 0) is 31.2 Å². The zero-order valence-electron chi connectivity index (χ0n) is 15.6. The number of hydrogen-bond donors (Lipinski definition) is 2. The van der Waals surface area contributed by atoms with Crippen LogP contribution in [0, 0.1) is 0 Å². The van der Waals surface area contributed by atoms with Crippen molar-refractivity contribution < 1.29 is 23.0 Å². The number of carbonyl (C=O) groups excluding carboxylic acids is 1. The van der Waals surface area contributed by atoms with E-state index in [0.29, 0.717) is 5.82 Å². The highest BCUT2D eigenvalue weighted by molar-refractivity contribution is 5.88. The standard InChI is InChI=1S/C19H22F2N4O3/c1-19(17(20)21)12-25(8-9-28-19)18(26)24-16-7-6-14(11-22-16)23-13-4-3-5-15(10-13)27-2/h3-7,10-11,17,23H,8-9,12H2,1-2H3,(H,22,24,26)/t19-/m0/s1. The molecule has 2 N–H and O–H groups in total. The molecule has 1 aliphatic rings. The topological polar surface area (TPSA) is 75.7 Å². The number of hydrogen-bond acceptors (Lipinski definition) is 5. The van der Waals surface area contributed by atoms with Gasteiger partial charge in [-0.1, -0.05) is 6.07 Å². The Morgan fingerprint density at radius 3 is 2.82 bits per heavy atom. The van der Waals surface area contributed by atoms with E-state index >= 15 is 0 Å². The zero-order valence-corrected chi connectivity index (χ0v) is 15.6. The number of nitrogens with zero attached hydrogens (tertiary/aromatic N) is 2. The smallest absolute Gasteiger partial charge is 0.323 e. The van der Waals surface area contributed by atoms with E-state index in [1.165, 1.54) is 11.8 Å². The maximum atomic E-state index is 13.1. The first-order valence-electron chi connectivity index (χ1n) is 8.75. The van der Waals surface area contributed by atoms with Crippen molar-refractivity contribution in [3.8, 4) is 5.75 Å². The van der Waals surface area contributed by atoms with Crippen molar-refractivity contribution in [2.24, 2.45) is 0 Å². The molecule has 2 aromatic rings. The number of aromatic nitrogens is 1. The van der Waals surface area contributed by atoms with Crippen molar-refractivity contribution in [1.29, 1.82) is 0 Å². The van der Waals surface area contributed by atoms with Crippen LogP contribution in [0.3, 0.4) is 0 Å². The number of anilines is 3. The summed E-state index contributed by atoms with van der Waals surface area (Å²) in [6.45, 7) is 1.41. The predicted octanol–water partition coefficient (Wildman–Crippen LogP) is 3.72. The lowest BCUT2D eigenvalue weighted by Crippen LogP contribution is -2.56. The fourth-order valence-electron chi connectivity index (χ4n) is 2.80. The first-order valence-corrected chi connectivity index (χ1v) is 8.75. The van der Waals surface area contributed by atoms with Gasteiger partial charge in [-0.25, -0.2) is 18.6 Å². The molecule has 0 saturated carbocycles. The number of nitrogens with one attached hydrogen (secondary N) is 2. The molecule has 28 heavy (non-hydrogen) atoms. The van der Waals surface area contributed by atoms with Gasteiger partial charge in [0, 0.05) is 18.3 Å². The fourth-order valence-corrected chi connectivity index (χ4v) is 2.80. The average molecular weight is 392 g/mol. The van der Waals surface area contributed by atoms with Crippen LogP contribution in [0.4, 0.5) is 30.8 Å². The van der Waals surface area contributed by atoms with Gasteiger partial charge in [0.1, 0.15) is 17.2 Å². The summed E-state index contributed by atoms with van der Waals surface area (Å²) < 4.78 is 36.6. The molecule has 9 heteroatoms. The second-order valence-corrected chi connectivity index (χ2v) is 6.60. The van der Waals surface area contributed by atoms with E-state index in [4.69, 9.17) is 9.47 Å². The van der Waals surface area contributed by atoms with Gasteiger partial charge >= 0.3 is 6.03 Å². The number of rotatable bonds is 5. The van der Waals surface area contributed by atoms with Gasteiger partial charge in [-0.3, -0.25) is 5.32 Å². The van der Waals surface area contributed by atoms with E-state index in [9.17, 15) is 13.6 Å². The summed E-state index contributed by atoms with van der Waals surface area (Å²) in [5.74, 6) is 1.05. The summed E-state index contributed by atoms with van der Waals surface area (Å²) in [5.41, 5.74) is -0.103. The van der Waals surface area contributed by atoms with E-state index in [2.05, 4.69) is 15.6 Å². The molecular formula is C19H22F2N4O3. The molecule has 7 nitrogen and oxygen atoms in total. The monoisotopic (exact) mass is 392 g/mol. The molecular weight excluding hydrogens is 370 g/mol. The van der Waals surface area contributed by atoms with Crippen LogP contribution < -0.4 is 15.4 Å². The molecule has 0 bridgehead atoms. The van der Waals surface area contributed by atoms with E-state index in [0.717, 1.165) is 17.1 Å². The van der Waals surface area contributed by atoms with Gasteiger partial charge in [0.2, 0.25) is 0 Å². The number of methoxy groups -OCH3 is 1. The molecule has 1 aromatic heterocycles. The minimum absolute atomic E-state index is 0.0606. The molecule has 3 rings (SSSR count). The SMILES string of the molecule is COc1cccc(Nc2ccc(NC(=O)N3CCO[C@](C)(C(F)F)C3)nc2)c1. The Morgan fingerprint density at radius 1 is 1.32 bits per heavy atom. The summed E-state index contributed by atoms with van der Waals surface area (Å²) in [6, 6.07) is 10.3. The van der Waals surface area contributed by atoms with Gasteiger partial charge in [-0.15, -0.1) is 0 Å². The van der Waals surface area contributed by atoms with Crippen molar-refractivity contribution in [1.82, 2.24) is 9.88 Å². The average Bonchev–Trinajstić information content (AvgIpc) is 2.69. The number of pyridine rings is 1. The number of ether oxygens (including phenoxy) is 2. The highest BCUT2D eigenvalue weighted by Crippen LogP contribution is 2.25. The zero-order chi connectivity index (χ0) is 20.1. The molecule has 2 amide bonds. The van der Waals surface area contributed by atoms with Crippen molar-refractivity contribution in [2.45, 2.75) is 19.0 Å². The predicted molar refractivity (Wildman–Crippen MR) is 101 cm³/mol. The lowest BCUT2D eigenvalue weighted by Gasteiger charge is -2.39. The number of morpholine rings is 1. The largest absolute Gasteiger partial charge is 0.497 e. The van der Waals surface area contributed by atoms with Crippen LogP contribution in [-0.2, 0) is 4.74 Å². The maximum absolute atomic E-state index is 13.1. The second kappa shape index (κ2) is 8.39. The molecule has 1 fully saturated rings. The number of carbonyl (C=O) groups is 1. The third-order valence-electron chi connectivity index (χ3n) is 4.40. The number of halogens is 2. The van der Waals surface area contributed by atoms with E-state index in [1.807, 2.05) is 24.3 Å². The Balaban J connectivity index is 1.60. The maximum Gasteiger partial charge on any atom is 0.323 e. The first-order chi connectivity index (χ1) is 13.4. The molecule has 2 heterocycles. The number of amides is 2. The number of benzene rings is 1. The van der Waals surface area contributed by atoms with Crippen LogP contribution in [0.25, 0.3) is 0 Å². The lowest BCUT2D eigenvalue weighted by atomic mass is 10.1. The molecule has 0 unspecified atom stereocenters. The highest BCUT2D eigenvalue weighted by atomic mass is 19.3. The summed E-state index contributed by atoms with van der Waals surface area (Å²) in [4.78, 5) is 17.9. The van der Waals surface area contributed by atoms with Crippen molar-refractivity contribution in [2.75, 3.05) is 37.4 Å². The number of urea groups is 1. The summed E-state index contributed by atoms with van der Waals surface area (Å²) in [5, 5.41) is 5.81. The Labute approximate surface area is 161 Å². The van der Waals surface area contributed by atoms with Crippen LogP contribution in [0.5, 0.6) is 5.75 Å². The Hall–Kier alpha value is -2.94. The van der Waals surface area contributed by atoms with Crippen LogP contribution >= 0.6 is 0 Å². The summed E-state index contributed by atoms with van der Waals surface area (Å²) in [7, 11) is 1.59. The van der Waals surface area contributed by atoms with E-state index < -0.39 is 18.1 Å². The molecule has 0 spiro atoms. The van der Waals surface area contributed by atoms with Crippen LogP contribution in [0.15, 0.2) is 42.6 Å². The van der Waals surface area contributed by atoms with E-state index in [-0.39, 0.29) is 19.7 Å². The molecule has 1 atom stereocenters. The van der Waals surface area contributed by atoms with Crippen LogP contribution in [0.1, 0.15) is 6.92 Å². The van der Waals surface area contributed by atoms with Crippen molar-refractivity contribution >= 4 is 23.2 Å². The second-order valence-electron chi connectivity index (χ2n) is 6.60. The van der Waals surface area contributed by atoms with Gasteiger partial charge < -0.3 is 19.7 Å². The first kappa shape index (κ1) is 19.8. The van der Waals surface area contributed by atoms with Gasteiger partial charge in [0.05, 0.1) is 32.1 Å². The molecule has 1 aliphatic heterocycles. The molecule has 0 aliphatic carbocycles. The van der Waals surface area contributed by atoms with Crippen molar-refractivity contribution in [3.05, 3.63) is 42.6 Å². The van der Waals surface area contributed by atoms with Gasteiger partial charge in [0.25, 0.3) is 6.43 Å². The Morgan fingerprint density at radius 2 is 2.14 bits per heavy atom. The molecule has 150 valence electrons. The quantitative estimate of drug-likeness (QED) is 0.811. The fraction of sp³-hybridized carbons (Fsp3) is 0.368. The Kier molecular flexibility index (Phi) is 5.93. The molecule has 0 radical (unpaired) electrons. The number of alkyl halides is 2. The normalized spacial score (nSPS) is 19.4. The molecule has 1 saturated heterocycles. The third-order valence-corrected chi connectivity index (χ3v) is 4.40. The van der Waals surface area contributed by atoms with Crippen LogP contribution in [0.2, 0.25) is 0 Å². The third kappa shape index (κ3) is 4.66. The summed E-state index contributed by atoms with van der Waals surface area (Å²) in [6.07, 6.45) is -1.11. The van der Waals surface area contributed by atoms with Gasteiger partial charge in [0.15, 0.2) is 0 Å². The Bertz CT molecular complexity index is 819.